The number of nitrogens with one attached hydrogen (secondary N) is 2. The molecule has 0 bridgehead atoms. The van der Waals surface area contributed by atoms with Crippen LogP contribution in [0.4, 0.5) is 5.69 Å². The molecule has 4 rings (SSSR count). The lowest BCUT2D eigenvalue weighted by Gasteiger charge is -2.19. The molecule has 2 N–H and O–H groups in total. The summed E-state index contributed by atoms with van der Waals surface area (Å²) in [6.45, 7) is 1.32. The van der Waals surface area contributed by atoms with Gasteiger partial charge >= 0.3 is 5.97 Å². The lowest BCUT2D eigenvalue weighted by Crippen LogP contribution is -2.34. The van der Waals surface area contributed by atoms with Crippen LogP contribution in [0.5, 0.6) is 0 Å². The highest BCUT2D eigenvalue weighted by molar-refractivity contribution is 6.33. The van der Waals surface area contributed by atoms with Gasteiger partial charge in [-0.05, 0) is 17.7 Å². The second-order valence-corrected chi connectivity index (χ2v) is 6.26. The SMILES string of the molecule is Bc1ccc2c(c1)NC(=O)C2C1N=c2ccccc2=C1NOC(C)=O. The fourth-order valence-corrected chi connectivity index (χ4v) is 3.39. The van der Waals surface area contributed by atoms with E-state index in [-0.39, 0.29) is 5.91 Å². The van der Waals surface area contributed by atoms with Gasteiger partial charge in [0.05, 0.1) is 17.0 Å². The van der Waals surface area contributed by atoms with Crippen molar-refractivity contribution in [2.45, 2.75) is 18.9 Å². The van der Waals surface area contributed by atoms with Crippen LogP contribution in [0.2, 0.25) is 0 Å². The third kappa shape index (κ3) is 2.57. The Bertz CT molecular complexity index is 1020. The zero-order valence-electron chi connectivity index (χ0n) is 13.9. The van der Waals surface area contributed by atoms with Crippen LogP contribution < -0.4 is 26.8 Å². The Balaban J connectivity index is 1.81. The number of carbonyl (C=O) groups excluding carboxylic acids is 2. The monoisotopic (exact) mass is 333 g/mol. The normalized spacial score (nSPS) is 20.4. The van der Waals surface area contributed by atoms with Gasteiger partial charge in [-0.2, -0.15) is 0 Å². The topological polar surface area (TPSA) is 79.8 Å². The first-order valence-corrected chi connectivity index (χ1v) is 8.06. The largest absolute Gasteiger partial charge is 0.344 e. The van der Waals surface area contributed by atoms with Crippen LogP contribution in [0.1, 0.15) is 18.4 Å². The second-order valence-electron chi connectivity index (χ2n) is 6.26. The summed E-state index contributed by atoms with van der Waals surface area (Å²) in [7, 11) is 1.98. The summed E-state index contributed by atoms with van der Waals surface area (Å²) in [4.78, 5) is 33.6. The van der Waals surface area contributed by atoms with E-state index in [1.807, 2.05) is 50.3 Å². The Morgan fingerprint density at radius 2 is 2.08 bits per heavy atom. The second kappa shape index (κ2) is 5.77. The predicted octanol–water partition coefficient (Wildman–Crippen LogP) is -1.14. The minimum atomic E-state index is -0.472. The Morgan fingerprint density at radius 1 is 1.28 bits per heavy atom. The maximum absolute atomic E-state index is 12.6. The van der Waals surface area contributed by atoms with Crippen molar-refractivity contribution in [2.75, 3.05) is 5.32 Å². The number of hydrogen-bond acceptors (Lipinski definition) is 5. The van der Waals surface area contributed by atoms with Crippen LogP contribution in [0.3, 0.4) is 0 Å². The van der Waals surface area contributed by atoms with E-state index in [1.54, 1.807) is 0 Å². The minimum Gasteiger partial charge on any atom is -0.344 e. The first kappa shape index (κ1) is 15.4. The molecule has 0 aliphatic carbocycles. The molecule has 2 aliphatic rings. The van der Waals surface area contributed by atoms with Crippen molar-refractivity contribution in [1.29, 1.82) is 0 Å². The van der Waals surface area contributed by atoms with E-state index in [2.05, 4.69) is 10.8 Å². The standard InChI is InChI=1S/C18H16BN3O3/c1-9(23)25-22-16-12-4-2-3-5-13(12)20-17(16)15-11-7-6-10(19)8-14(11)21-18(15)24/h2-8,15,17,22H,19H2,1H3,(H,21,24). The maximum atomic E-state index is 12.6. The number of amides is 1. The molecule has 0 radical (unpaired) electrons. The highest BCUT2D eigenvalue weighted by atomic mass is 16.7. The quantitative estimate of drug-likeness (QED) is 0.550. The van der Waals surface area contributed by atoms with Crippen molar-refractivity contribution in [3.63, 3.8) is 0 Å². The molecule has 25 heavy (non-hydrogen) atoms. The zero-order chi connectivity index (χ0) is 17.6. The summed E-state index contributed by atoms with van der Waals surface area (Å²) in [5.74, 6) is -1.03. The number of rotatable bonds is 3. The molecule has 2 unspecified atom stereocenters. The number of fused-ring (bicyclic) bond motifs is 2. The Morgan fingerprint density at radius 3 is 2.88 bits per heavy atom. The van der Waals surface area contributed by atoms with Gasteiger partial charge in [-0.1, -0.05) is 35.8 Å². The Hall–Kier alpha value is -3.09. The van der Waals surface area contributed by atoms with E-state index in [0.29, 0.717) is 5.70 Å². The molecule has 2 aromatic carbocycles. The van der Waals surface area contributed by atoms with Gasteiger partial charge in [0.15, 0.2) is 0 Å². The Labute approximate surface area is 145 Å². The summed E-state index contributed by atoms with van der Waals surface area (Å²) >= 11 is 0. The Kier molecular flexibility index (Phi) is 3.56. The minimum absolute atomic E-state index is 0.107. The van der Waals surface area contributed by atoms with Crippen molar-refractivity contribution in [2.24, 2.45) is 4.99 Å². The number of anilines is 1. The molecule has 0 aromatic heterocycles. The van der Waals surface area contributed by atoms with E-state index < -0.39 is 17.9 Å². The number of para-hydroxylation sites is 1. The van der Waals surface area contributed by atoms with Crippen LogP contribution in [0.25, 0.3) is 5.70 Å². The number of nitrogens with zero attached hydrogens (tertiary/aromatic N) is 1. The molecule has 2 aliphatic heterocycles. The van der Waals surface area contributed by atoms with Crippen molar-refractivity contribution in [3.8, 4) is 0 Å². The van der Waals surface area contributed by atoms with Crippen LogP contribution in [0.15, 0.2) is 47.5 Å². The highest BCUT2D eigenvalue weighted by Crippen LogP contribution is 2.37. The van der Waals surface area contributed by atoms with Gasteiger partial charge in [0.25, 0.3) is 0 Å². The third-order valence-electron chi connectivity index (χ3n) is 4.47. The molecular formula is C18H16BN3O3. The van der Waals surface area contributed by atoms with E-state index in [0.717, 1.165) is 27.3 Å². The number of hydrogen-bond donors (Lipinski definition) is 2. The lowest BCUT2D eigenvalue weighted by atomic mass is 9.88. The zero-order valence-corrected chi connectivity index (χ0v) is 13.9. The molecule has 2 atom stereocenters. The van der Waals surface area contributed by atoms with Gasteiger partial charge in [-0.25, -0.2) is 5.48 Å². The fraction of sp³-hybridized carbons (Fsp3) is 0.167. The molecule has 0 fully saturated rings. The summed E-state index contributed by atoms with van der Waals surface area (Å²) < 4.78 is 0. The molecule has 124 valence electrons. The molecule has 2 aromatic rings. The maximum Gasteiger partial charge on any atom is 0.329 e. The van der Waals surface area contributed by atoms with Gasteiger partial charge < -0.3 is 10.2 Å². The molecule has 7 heteroatoms. The molecule has 0 spiro atoms. The van der Waals surface area contributed by atoms with Crippen LogP contribution >= 0.6 is 0 Å². The predicted molar refractivity (Wildman–Crippen MR) is 95.3 cm³/mol. The average molecular weight is 333 g/mol. The van der Waals surface area contributed by atoms with Crippen LogP contribution in [-0.2, 0) is 14.4 Å². The molecular weight excluding hydrogens is 317 g/mol. The summed E-state index contributed by atoms with van der Waals surface area (Å²) in [5, 5.41) is 4.54. The highest BCUT2D eigenvalue weighted by Gasteiger charge is 2.40. The van der Waals surface area contributed by atoms with Crippen molar-refractivity contribution >= 4 is 36.6 Å². The molecule has 6 nitrogen and oxygen atoms in total. The molecule has 1 amide bonds. The van der Waals surface area contributed by atoms with Gasteiger partial charge in [-0.3, -0.25) is 14.6 Å². The van der Waals surface area contributed by atoms with E-state index in [9.17, 15) is 9.59 Å². The lowest BCUT2D eigenvalue weighted by molar-refractivity contribution is -0.145. The average Bonchev–Trinajstić information content (AvgIpc) is 3.08. The molecule has 0 saturated heterocycles. The van der Waals surface area contributed by atoms with Crippen molar-refractivity contribution < 1.29 is 14.4 Å². The number of carbonyl (C=O) groups is 2. The van der Waals surface area contributed by atoms with Crippen molar-refractivity contribution in [3.05, 3.63) is 58.6 Å². The van der Waals surface area contributed by atoms with Gasteiger partial charge in [0.2, 0.25) is 5.91 Å². The van der Waals surface area contributed by atoms with E-state index >= 15 is 0 Å². The summed E-state index contributed by atoms with van der Waals surface area (Å²) in [6, 6.07) is 13.0. The molecule has 2 heterocycles. The first-order valence-electron chi connectivity index (χ1n) is 8.06. The van der Waals surface area contributed by atoms with E-state index in [1.165, 1.54) is 6.92 Å². The summed E-state index contributed by atoms with van der Waals surface area (Å²) in [5.41, 5.74) is 6.14. The number of hydroxylamine groups is 1. The summed E-state index contributed by atoms with van der Waals surface area (Å²) in [6.07, 6.45) is 0. The van der Waals surface area contributed by atoms with Crippen molar-refractivity contribution in [1.82, 2.24) is 5.48 Å². The smallest absolute Gasteiger partial charge is 0.329 e. The fourth-order valence-electron chi connectivity index (χ4n) is 3.39. The van der Waals surface area contributed by atoms with Crippen LogP contribution in [-0.4, -0.2) is 25.8 Å². The van der Waals surface area contributed by atoms with E-state index in [4.69, 9.17) is 9.83 Å². The van der Waals surface area contributed by atoms with Gasteiger partial charge in [-0.15, -0.1) is 0 Å². The van der Waals surface area contributed by atoms with Crippen LogP contribution in [0, 0.1) is 0 Å². The first-order chi connectivity index (χ1) is 12.0. The third-order valence-corrected chi connectivity index (χ3v) is 4.47. The van der Waals surface area contributed by atoms with Gasteiger partial charge in [0, 0.05) is 17.8 Å². The van der Waals surface area contributed by atoms with Gasteiger partial charge in [0.1, 0.15) is 13.9 Å². The number of benzene rings is 2. The molecule has 0 saturated carbocycles.